The molecule has 2 aromatic rings. The van der Waals surface area contributed by atoms with Crippen molar-refractivity contribution in [1.29, 1.82) is 0 Å². The van der Waals surface area contributed by atoms with Crippen LogP contribution >= 0.6 is 0 Å². The molecule has 0 radical (unpaired) electrons. The summed E-state index contributed by atoms with van der Waals surface area (Å²) in [6.07, 6.45) is -3.45. The van der Waals surface area contributed by atoms with E-state index >= 15 is 0 Å². The van der Waals surface area contributed by atoms with Crippen molar-refractivity contribution in [3.8, 4) is 11.3 Å². The number of aromatic nitrogens is 2. The van der Waals surface area contributed by atoms with Crippen LogP contribution in [-0.2, 0) is 10.9 Å². The van der Waals surface area contributed by atoms with E-state index in [1.807, 2.05) is 0 Å². The van der Waals surface area contributed by atoms with Gasteiger partial charge in [0.25, 0.3) is 0 Å². The Morgan fingerprint density at radius 3 is 2.45 bits per heavy atom. The summed E-state index contributed by atoms with van der Waals surface area (Å²) < 4.78 is 59.4. The average molecular weight is 314 g/mol. The summed E-state index contributed by atoms with van der Waals surface area (Å²) in [5, 5.41) is 3.69. The van der Waals surface area contributed by atoms with Gasteiger partial charge >= 0.3 is 6.18 Å². The summed E-state index contributed by atoms with van der Waals surface area (Å²) in [6, 6.07) is 6.46. The van der Waals surface area contributed by atoms with Gasteiger partial charge in [-0.15, -0.1) is 0 Å². The van der Waals surface area contributed by atoms with Crippen LogP contribution in [0.15, 0.2) is 30.3 Å². The molecule has 1 aliphatic rings. The zero-order valence-electron chi connectivity index (χ0n) is 11.6. The monoisotopic (exact) mass is 314 g/mol. The van der Waals surface area contributed by atoms with E-state index in [4.69, 9.17) is 4.74 Å². The molecule has 22 heavy (non-hydrogen) atoms. The SMILES string of the molecule is Fc1ccccc1-c1cc(C(F)(F)F)nn1C1CCOCC1. The van der Waals surface area contributed by atoms with Crippen molar-refractivity contribution in [2.75, 3.05) is 13.2 Å². The number of ether oxygens (including phenoxy) is 1. The second-order valence-corrected chi connectivity index (χ2v) is 5.18. The van der Waals surface area contributed by atoms with Crippen molar-refractivity contribution < 1.29 is 22.3 Å². The van der Waals surface area contributed by atoms with Crippen LogP contribution in [0.4, 0.5) is 17.6 Å². The Bertz CT molecular complexity index is 660. The lowest BCUT2D eigenvalue weighted by Crippen LogP contribution is -2.22. The van der Waals surface area contributed by atoms with Gasteiger partial charge in [0.2, 0.25) is 0 Å². The van der Waals surface area contributed by atoms with Gasteiger partial charge in [0.1, 0.15) is 5.82 Å². The molecular weight excluding hydrogens is 300 g/mol. The van der Waals surface area contributed by atoms with Crippen LogP contribution in [-0.4, -0.2) is 23.0 Å². The molecule has 0 atom stereocenters. The third kappa shape index (κ3) is 2.85. The molecule has 2 heterocycles. The van der Waals surface area contributed by atoms with Crippen LogP contribution in [0.5, 0.6) is 0 Å². The number of benzene rings is 1. The molecule has 1 aromatic heterocycles. The van der Waals surface area contributed by atoms with Crippen LogP contribution < -0.4 is 0 Å². The fourth-order valence-electron chi connectivity index (χ4n) is 2.61. The first-order valence-electron chi connectivity index (χ1n) is 6.96. The summed E-state index contributed by atoms with van der Waals surface area (Å²) in [5.74, 6) is -0.565. The molecule has 1 aliphatic heterocycles. The van der Waals surface area contributed by atoms with Gasteiger partial charge in [0.05, 0.1) is 11.7 Å². The van der Waals surface area contributed by atoms with Gasteiger partial charge < -0.3 is 4.74 Å². The molecule has 1 aromatic carbocycles. The van der Waals surface area contributed by atoms with Gasteiger partial charge in [0.15, 0.2) is 5.69 Å². The summed E-state index contributed by atoms with van der Waals surface area (Å²) in [6.45, 7) is 0.922. The van der Waals surface area contributed by atoms with Crippen LogP contribution in [0.2, 0.25) is 0 Å². The van der Waals surface area contributed by atoms with E-state index in [1.54, 1.807) is 6.07 Å². The summed E-state index contributed by atoms with van der Waals surface area (Å²) >= 11 is 0. The van der Waals surface area contributed by atoms with Gasteiger partial charge in [0, 0.05) is 18.8 Å². The number of halogens is 4. The van der Waals surface area contributed by atoms with Gasteiger partial charge in [-0.05, 0) is 31.0 Å². The van der Waals surface area contributed by atoms with E-state index in [-0.39, 0.29) is 17.3 Å². The molecule has 0 amide bonds. The highest BCUT2D eigenvalue weighted by Crippen LogP contribution is 2.35. The topological polar surface area (TPSA) is 27.1 Å². The first-order valence-corrected chi connectivity index (χ1v) is 6.96. The Hall–Kier alpha value is -1.89. The molecule has 118 valence electrons. The molecule has 7 heteroatoms. The van der Waals surface area contributed by atoms with Crippen molar-refractivity contribution in [3.05, 3.63) is 41.8 Å². The second kappa shape index (κ2) is 5.72. The van der Waals surface area contributed by atoms with E-state index in [0.717, 1.165) is 6.07 Å². The van der Waals surface area contributed by atoms with Gasteiger partial charge in [-0.3, -0.25) is 4.68 Å². The molecule has 1 saturated heterocycles. The van der Waals surface area contributed by atoms with Crippen LogP contribution in [0.25, 0.3) is 11.3 Å². The lowest BCUT2D eigenvalue weighted by Gasteiger charge is -2.24. The van der Waals surface area contributed by atoms with Crippen molar-refractivity contribution in [2.24, 2.45) is 0 Å². The maximum absolute atomic E-state index is 14.0. The maximum atomic E-state index is 14.0. The Morgan fingerprint density at radius 2 is 1.82 bits per heavy atom. The largest absolute Gasteiger partial charge is 0.435 e. The molecule has 0 unspecified atom stereocenters. The Balaban J connectivity index is 2.10. The van der Waals surface area contributed by atoms with Gasteiger partial charge in [-0.25, -0.2) is 4.39 Å². The summed E-state index contributed by atoms with van der Waals surface area (Å²) in [4.78, 5) is 0. The second-order valence-electron chi connectivity index (χ2n) is 5.18. The molecular formula is C15H14F4N2O. The van der Waals surface area contributed by atoms with E-state index in [0.29, 0.717) is 26.1 Å². The lowest BCUT2D eigenvalue weighted by molar-refractivity contribution is -0.141. The highest BCUT2D eigenvalue weighted by atomic mass is 19.4. The highest BCUT2D eigenvalue weighted by Gasteiger charge is 2.36. The van der Waals surface area contributed by atoms with Crippen LogP contribution in [0, 0.1) is 5.82 Å². The molecule has 1 fully saturated rings. The predicted octanol–water partition coefficient (Wildman–Crippen LogP) is 4.06. The number of alkyl halides is 3. The van der Waals surface area contributed by atoms with E-state index in [2.05, 4.69) is 5.10 Å². The zero-order valence-corrected chi connectivity index (χ0v) is 11.6. The normalized spacial score (nSPS) is 16.9. The molecule has 0 bridgehead atoms. The van der Waals surface area contributed by atoms with Gasteiger partial charge in [-0.2, -0.15) is 18.3 Å². The lowest BCUT2D eigenvalue weighted by atomic mass is 10.1. The van der Waals surface area contributed by atoms with Crippen molar-refractivity contribution >= 4 is 0 Å². The molecule has 3 rings (SSSR count). The summed E-state index contributed by atoms with van der Waals surface area (Å²) in [5.41, 5.74) is -0.730. The zero-order chi connectivity index (χ0) is 15.7. The highest BCUT2D eigenvalue weighted by molar-refractivity contribution is 5.61. The molecule has 0 aliphatic carbocycles. The van der Waals surface area contributed by atoms with Crippen molar-refractivity contribution in [1.82, 2.24) is 9.78 Å². The van der Waals surface area contributed by atoms with E-state index < -0.39 is 17.7 Å². The number of nitrogens with zero attached hydrogens (tertiary/aromatic N) is 2. The third-order valence-electron chi connectivity index (χ3n) is 3.71. The Labute approximate surface area is 124 Å². The Kier molecular flexibility index (Phi) is 3.90. The fraction of sp³-hybridized carbons (Fsp3) is 0.400. The average Bonchev–Trinajstić information content (AvgIpc) is 2.94. The van der Waals surface area contributed by atoms with E-state index in [9.17, 15) is 17.6 Å². The number of hydrogen-bond acceptors (Lipinski definition) is 2. The minimum absolute atomic E-state index is 0.122. The first-order chi connectivity index (χ1) is 10.5. The van der Waals surface area contributed by atoms with Crippen molar-refractivity contribution in [2.45, 2.75) is 25.1 Å². The Morgan fingerprint density at radius 1 is 1.14 bits per heavy atom. The maximum Gasteiger partial charge on any atom is 0.435 e. The van der Waals surface area contributed by atoms with Crippen molar-refractivity contribution in [3.63, 3.8) is 0 Å². The van der Waals surface area contributed by atoms with Crippen LogP contribution in [0.3, 0.4) is 0 Å². The minimum Gasteiger partial charge on any atom is -0.381 e. The smallest absolute Gasteiger partial charge is 0.381 e. The van der Waals surface area contributed by atoms with E-state index in [1.165, 1.54) is 22.9 Å². The minimum atomic E-state index is -4.56. The van der Waals surface area contributed by atoms with Crippen LogP contribution in [0.1, 0.15) is 24.6 Å². The predicted molar refractivity (Wildman–Crippen MR) is 71.7 cm³/mol. The quantitative estimate of drug-likeness (QED) is 0.782. The fourth-order valence-corrected chi connectivity index (χ4v) is 2.61. The molecule has 0 spiro atoms. The number of hydrogen-bond donors (Lipinski definition) is 0. The first kappa shape index (κ1) is 15.0. The number of rotatable bonds is 2. The molecule has 3 nitrogen and oxygen atoms in total. The standard InChI is InChI=1S/C15H14F4N2O/c16-12-4-2-1-3-11(12)13-9-14(15(17,18)19)20-21(13)10-5-7-22-8-6-10/h1-4,9-10H,5-8H2. The van der Waals surface area contributed by atoms with Gasteiger partial charge in [-0.1, -0.05) is 12.1 Å². The summed E-state index contributed by atoms with van der Waals surface area (Å²) in [7, 11) is 0. The molecule has 0 saturated carbocycles. The molecule has 0 N–H and O–H groups in total. The third-order valence-corrected chi connectivity index (χ3v) is 3.71.